The lowest BCUT2D eigenvalue weighted by molar-refractivity contribution is -0.116. The van der Waals surface area contributed by atoms with Crippen LogP contribution in [-0.2, 0) is 39.4 Å². The molecule has 2 aliphatic rings. The number of furan rings is 1. The molecule has 162 valence electrons. The molecule has 1 saturated carbocycles. The molecule has 5 nitrogen and oxygen atoms in total. The lowest BCUT2D eigenvalue weighted by Gasteiger charge is -2.19. The van der Waals surface area contributed by atoms with Crippen molar-refractivity contribution >= 4 is 15.5 Å². The van der Waals surface area contributed by atoms with E-state index >= 15 is 0 Å². The molecule has 1 fully saturated rings. The predicted molar refractivity (Wildman–Crippen MR) is 116 cm³/mol. The SMILES string of the molecule is C[C@H](c1ccc2c(c1CC(=O)C[S@@](=N)(=O)c1cc(C(C)(C)O)co1)CCC2)C1CC1. The maximum atomic E-state index is 13.0. The highest BCUT2D eigenvalue weighted by molar-refractivity contribution is 7.93. The van der Waals surface area contributed by atoms with Crippen molar-refractivity contribution in [1.29, 1.82) is 4.78 Å². The first-order chi connectivity index (χ1) is 14.1. The summed E-state index contributed by atoms with van der Waals surface area (Å²) < 4.78 is 26.6. The van der Waals surface area contributed by atoms with Gasteiger partial charge in [0.15, 0.2) is 10.9 Å². The number of benzene rings is 1. The molecule has 0 spiro atoms. The Morgan fingerprint density at radius 3 is 2.70 bits per heavy atom. The van der Waals surface area contributed by atoms with Gasteiger partial charge in [-0.05, 0) is 80.0 Å². The van der Waals surface area contributed by atoms with Crippen LogP contribution in [0.25, 0.3) is 0 Å². The van der Waals surface area contributed by atoms with E-state index in [1.54, 1.807) is 13.8 Å². The molecule has 0 aliphatic heterocycles. The van der Waals surface area contributed by atoms with Crippen LogP contribution in [0.3, 0.4) is 0 Å². The quantitative estimate of drug-likeness (QED) is 0.635. The average molecular weight is 430 g/mol. The summed E-state index contributed by atoms with van der Waals surface area (Å²) in [5.41, 5.74) is 4.29. The van der Waals surface area contributed by atoms with Crippen LogP contribution in [0.15, 0.2) is 34.0 Å². The zero-order valence-corrected chi connectivity index (χ0v) is 18.8. The van der Waals surface area contributed by atoms with Gasteiger partial charge in [0, 0.05) is 18.1 Å². The second-order valence-corrected chi connectivity index (χ2v) is 11.5. The monoisotopic (exact) mass is 429 g/mol. The molecule has 0 bridgehead atoms. The first-order valence-electron chi connectivity index (χ1n) is 10.8. The first kappa shape index (κ1) is 21.3. The molecule has 0 unspecified atom stereocenters. The molecule has 6 heteroatoms. The van der Waals surface area contributed by atoms with E-state index in [0.29, 0.717) is 17.4 Å². The van der Waals surface area contributed by atoms with Gasteiger partial charge in [-0.2, -0.15) is 0 Å². The maximum absolute atomic E-state index is 13.0. The minimum atomic E-state index is -3.40. The van der Waals surface area contributed by atoms with E-state index in [2.05, 4.69) is 19.1 Å². The number of rotatable bonds is 8. The maximum Gasteiger partial charge on any atom is 0.199 e. The van der Waals surface area contributed by atoms with Crippen LogP contribution >= 0.6 is 0 Å². The van der Waals surface area contributed by atoms with Gasteiger partial charge in [-0.15, -0.1) is 0 Å². The highest BCUT2D eigenvalue weighted by Crippen LogP contribution is 2.44. The van der Waals surface area contributed by atoms with Gasteiger partial charge < -0.3 is 9.52 Å². The first-order valence-corrected chi connectivity index (χ1v) is 12.5. The van der Waals surface area contributed by atoms with Crippen LogP contribution in [0.1, 0.15) is 73.8 Å². The number of fused-ring (bicyclic) bond motifs is 1. The van der Waals surface area contributed by atoms with Crippen LogP contribution in [0.4, 0.5) is 0 Å². The van der Waals surface area contributed by atoms with Crippen molar-refractivity contribution < 1.29 is 18.5 Å². The molecule has 1 heterocycles. The Labute approximate surface area is 178 Å². The largest absolute Gasteiger partial charge is 0.454 e. The van der Waals surface area contributed by atoms with Crippen LogP contribution < -0.4 is 0 Å². The van der Waals surface area contributed by atoms with Gasteiger partial charge in [0.1, 0.15) is 9.73 Å². The number of carbonyl (C=O) groups excluding carboxylic acids is 1. The van der Waals surface area contributed by atoms with Crippen molar-refractivity contribution in [1.82, 2.24) is 0 Å². The second-order valence-electron chi connectivity index (χ2n) is 9.50. The Morgan fingerprint density at radius 2 is 2.07 bits per heavy atom. The molecule has 0 radical (unpaired) electrons. The van der Waals surface area contributed by atoms with Crippen molar-refractivity contribution in [3.63, 3.8) is 0 Å². The van der Waals surface area contributed by atoms with Gasteiger partial charge in [-0.3, -0.25) is 4.79 Å². The molecule has 2 aromatic rings. The number of carbonyl (C=O) groups is 1. The Balaban J connectivity index is 1.57. The molecular weight excluding hydrogens is 398 g/mol. The van der Waals surface area contributed by atoms with Gasteiger partial charge in [0.2, 0.25) is 0 Å². The number of hydrogen-bond acceptors (Lipinski definition) is 5. The number of nitrogens with one attached hydrogen (secondary N) is 1. The Morgan fingerprint density at radius 1 is 1.33 bits per heavy atom. The topological polar surface area (TPSA) is 91.4 Å². The molecule has 0 saturated heterocycles. The smallest absolute Gasteiger partial charge is 0.199 e. The summed E-state index contributed by atoms with van der Waals surface area (Å²) in [6.07, 6.45) is 7.18. The van der Waals surface area contributed by atoms with E-state index in [1.807, 2.05) is 0 Å². The summed E-state index contributed by atoms with van der Waals surface area (Å²) in [5, 5.41) is 10.0. The summed E-state index contributed by atoms with van der Waals surface area (Å²) >= 11 is 0. The van der Waals surface area contributed by atoms with E-state index < -0.39 is 15.3 Å². The third kappa shape index (κ3) is 4.26. The van der Waals surface area contributed by atoms with E-state index in [-0.39, 0.29) is 23.0 Å². The molecular formula is C24H31NO4S. The summed E-state index contributed by atoms with van der Waals surface area (Å²) in [6, 6.07) is 5.85. The standard InChI is InChI=1S/C24H31NO4S/c1-15(16-7-8-16)20-10-9-17-5-4-6-21(17)22(20)12-19(26)14-30(25,28)23-11-18(13-29-23)24(2,3)27/h9-11,13,15-16,25,27H,4-8,12,14H2,1-3H3/t15-,30+/m0/s1. The highest BCUT2D eigenvalue weighted by atomic mass is 32.2. The fourth-order valence-corrected chi connectivity index (χ4v) is 5.82. The third-order valence-corrected chi connectivity index (χ3v) is 8.19. The fourth-order valence-electron chi connectivity index (χ4n) is 4.60. The summed E-state index contributed by atoms with van der Waals surface area (Å²) in [6.45, 7) is 5.44. The van der Waals surface area contributed by atoms with Gasteiger partial charge >= 0.3 is 0 Å². The highest BCUT2D eigenvalue weighted by Gasteiger charge is 2.32. The van der Waals surface area contributed by atoms with Crippen molar-refractivity contribution in [3.8, 4) is 0 Å². The molecule has 4 rings (SSSR count). The van der Waals surface area contributed by atoms with E-state index in [1.165, 1.54) is 41.9 Å². The number of aryl methyl sites for hydroxylation is 1. The number of hydrogen-bond donors (Lipinski definition) is 2. The lowest BCUT2D eigenvalue weighted by Crippen LogP contribution is -2.19. The Hall–Kier alpha value is -1.92. The minimum absolute atomic E-state index is 0.0437. The fraction of sp³-hybridized carbons (Fsp3) is 0.542. The van der Waals surface area contributed by atoms with E-state index in [0.717, 1.165) is 24.8 Å². The van der Waals surface area contributed by atoms with E-state index in [9.17, 15) is 14.1 Å². The zero-order valence-electron chi connectivity index (χ0n) is 18.0. The van der Waals surface area contributed by atoms with Crippen LogP contribution in [0.2, 0.25) is 0 Å². The predicted octanol–water partition coefficient (Wildman–Crippen LogP) is 4.73. The van der Waals surface area contributed by atoms with Crippen molar-refractivity contribution in [2.45, 2.75) is 75.9 Å². The Bertz CT molecular complexity index is 1070. The summed E-state index contributed by atoms with van der Waals surface area (Å²) in [7, 11) is -3.40. The van der Waals surface area contributed by atoms with Crippen LogP contribution in [-0.4, -0.2) is 20.9 Å². The second kappa shape index (κ2) is 7.65. The van der Waals surface area contributed by atoms with Gasteiger partial charge in [-0.25, -0.2) is 8.99 Å². The van der Waals surface area contributed by atoms with E-state index in [4.69, 9.17) is 9.20 Å². The molecule has 1 aromatic heterocycles. The molecule has 2 atom stereocenters. The van der Waals surface area contributed by atoms with Gasteiger partial charge in [0.05, 0.1) is 17.6 Å². The summed E-state index contributed by atoms with van der Waals surface area (Å²) in [5.74, 6) is 0.563. The number of Topliss-reactive ketones (excluding diaryl/α,β-unsaturated/α-hetero) is 1. The molecule has 0 amide bonds. The van der Waals surface area contributed by atoms with Crippen molar-refractivity contribution in [2.24, 2.45) is 5.92 Å². The van der Waals surface area contributed by atoms with Crippen molar-refractivity contribution in [3.05, 3.63) is 52.3 Å². The number of ketones is 1. The van der Waals surface area contributed by atoms with Crippen molar-refractivity contribution in [2.75, 3.05) is 5.75 Å². The molecule has 1 aromatic carbocycles. The zero-order chi connectivity index (χ0) is 21.7. The summed E-state index contributed by atoms with van der Waals surface area (Å²) in [4.78, 5) is 13.0. The molecule has 30 heavy (non-hydrogen) atoms. The normalized spacial score (nSPS) is 19.3. The van der Waals surface area contributed by atoms with Gasteiger partial charge in [-0.1, -0.05) is 19.1 Å². The molecule has 2 aliphatic carbocycles. The lowest BCUT2D eigenvalue weighted by atomic mass is 9.86. The van der Waals surface area contributed by atoms with Crippen LogP contribution in [0.5, 0.6) is 0 Å². The molecule has 2 N–H and O–H groups in total. The number of aliphatic hydroxyl groups is 1. The Kier molecular flexibility index (Phi) is 5.43. The van der Waals surface area contributed by atoms with Gasteiger partial charge in [0.25, 0.3) is 0 Å². The minimum Gasteiger partial charge on any atom is -0.454 e. The average Bonchev–Trinajstić information content (AvgIpc) is 3.16. The third-order valence-electron chi connectivity index (χ3n) is 6.60. The van der Waals surface area contributed by atoms with Crippen LogP contribution in [0, 0.1) is 10.7 Å².